The van der Waals surface area contributed by atoms with Gasteiger partial charge in [-0.25, -0.2) is 4.98 Å². The van der Waals surface area contributed by atoms with Gasteiger partial charge < -0.3 is 5.32 Å². The molecular formula is C14H14N4S. The molecule has 3 rings (SSSR count). The lowest BCUT2D eigenvalue weighted by Crippen LogP contribution is -2.11. The van der Waals surface area contributed by atoms with E-state index in [1.165, 1.54) is 4.88 Å². The van der Waals surface area contributed by atoms with Crippen molar-refractivity contribution in [2.45, 2.75) is 19.4 Å². The monoisotopic (exact) mass is 270 g/mol. The van der Waals surface area contributed by atoms with E-state index in [9.17, 15) is 0 Å². The summed E-state index contributed by atoms with van der Waals surface area (Å²) in [5, 5.41) is 13.7. The molecule has 1 aromatic carbocycles. The summed E-state index contributed by atoms with van der Waals surface area (Å²) in [6.07, 6.45) is 0.983. The van der Waals surface area contributed by atoms with Gasteiger partial charge in [0, 0.05) is 4.88 Å². The summed E-state index contributed by atoms with van der Waals surface area (Å²) in [5.74, 6) is 0.582. The lowest BCUT2D eigenvalue weighted by Gasteiger charge is -2.14. The lowest BCUT2D eigenvalue weighted by atomic mass is 10.2. The molecule has 1 atom stereocenters. The summed E-state index contributed by atoms with van der Waals surface area (Å²) in [6, 6.07) is 12.2. The van der Waals surface area contributed by atoms with Gasteiger partial charge in [0.1, 0.15) is 5.52 Å². The summed E-state index contributed by atoms with van der Waals surface area (Å²) in [7, 11) is 0. The highest BCUT2D eigenvalue weighted by molar-refractivity contribution is 7.10. The molecule has 0 aliphatic carbocycles. The minimum absolute atomic E-state index is 0.239. The van der Waals surface area contributed by atoms with Crippen LogP contribution in [0.2, 0.25) is 0 Å². The molecule has 1 unspecified atom stereocenters. The van der Waals surface area contributed by atoms with Crippen LogP contribution in [0.5, 0.6) is 0 Å². The number of rotatable bonds is 4. The number of hydrogen-bond acceptors (Lipinski definition) is 5. The molecule has 3 aromatic rings. The second-order valence-corrected chi connectivity index (χ2v) is 5.22. The summed E-state index contributed by atoms with van der Waals surface area (Å²) in [5.41, 5.74) is 1.68. The molecule has 0 saturated carbocycles. The van der Waals surface area contributed by atoms with E-state index in [0.717, 1.165) is 17.5 Å². The molecule has 96 valence electrons. The van der Waals surface area contributed by atoms with Crippen molar-refractivity contribution in [3.8, 4) is 0 Å². The van der Waals surface area contributed by atoms with Crippen LogP contribution in [0.4, 0.5) is 5.95 Å². The van der Waals surface area contributed by atoms with Gasteiger partial charge in [-0.05, 0) is 30.0 Å². The van der Waals surface area contributed by atoms with Gasteiger partial charge in [0.15, 0.2) is 0 Å². The average Bonchev–Trinajstić information content (AvgIpc) is 2.98. The van der Waals surface area contributed by atoms with Gasteiger partial charge >= 0.3 is 0 Å². The average molecular weight is 270 g/mol. The maximum absolute atomic E-state index is 4.49. The minimum atomic E-state index is 0.239. The van der Waals surface area contributed by atoms with E-state index in [1.54, 1.807) is 11.3 Å². The zero-order valence-electron chi connectivity index (χ0n) is 10.6. The summed E-state index contributed by atoms with van der Waals surface area (Å²) >= 11 is 1.74. The van der Waals surface area contributed by atoms with Gasteiger partial charge in [0.05, 0.1) is 11.6 Å². The molecule has 0 saturated heterocycles. The topological polar surface area (TPSA) is 50.7 Å². The summed E-state index contributed by atoms with van der Waals surface area (Å²) in [4.78, 5) is 5.78. The molecule has 0 aliphatic rings. The van der Waals surface area contributed by atoms with E-state index in [2.05, 4.69) is 44.9 Å². The van der Waals surface area contributed by atoms with Crippen LogP contribution in [-0.2, 0) is 0 Å². The van der Waals surface area contributed by atoms with Gasteiger partial charge in [-0.2, -0.15) is 0 Å². The predicted octanol–water partition coefficient (Wildman–Crippen LogP) is 3.65. The third-order valence-electron chi connectivity index (χ3n) is 2.96. The van der Waals surface area contributed by atoms with Gasteiger partial charge in [-0.1, -0.05) is 25.1 Å². The van der Waals surface area contributed by atoms with Crippen molar-refractivity contribution in [2.75, 3.05) is 5.32 Å². The van der Waals surface area contributed by atoms with Crippen molar-refractivity contribution in [3.05, 3.63) is 46.7 Å². The molecule has 5 heteroatoms. The maximum Gasteiger partial charge on any atom is 0.243 e. The Morgan fingerprint density at radius 3 is 2.68 bits per heavy atom. The highest BCUT2D eigenvalue weighted by atomic mass is 32.1. The van der Waals surface area contributed by atoms with Crippen molar-refractivity contribution in [1.29, 1.82) is 0 Å². The fourth-order valence-corrected chi connectivity index (χ4v) is 2.82. The third kappa shape index (κ3) is 2.56. The second kappa shape index (κ2) is 5.32. The smallest absolute Gasteiger partial charge is 0.243 e. The maximum atomic E-state index is 4.49. The van der Waals surface area contributed by atoms with E-state index in [4.69, 9.17) is 0 Å². The zero-order chi connectivity index (χ0) is 13.1. The molecule has 0 amide bonds. The summed E-state index contributed by atoms with van der Waals surface area (Å²) < 4.78 is 0. The number of nitrogens with zero attached hydrogens (tertiary/aromatic N) is 3. The van der Waals surface area contributed by atoms with Gasteiger partial charge in [0.2, 0.25) is 5.95 Å². The molecule has 19 heavy (non-hydrogen) atoms. The van der Waals surface area contributed by atoms with Crippen molar-refractivity contribution in [1.82, 2.24) is 15.2 Å². The van der Waals surface area contributed by atoms with E-state index in [1.807, 2.05) is 24.3 Å². The number of aromatic nitrogens is 3. The number of thiophene rings is 1. The Balaban J connectivity index is 1.88. The van der Waals surface area contributed by atoms with Crippen LogP contribution in [0.25, 0.3) is 11.0 Å². The zero-order valence-corrected chi connectivity index (χ0v) is 11.4. The second-order valence-electron chi connectivity index (χ2n) is 4.24. The highest BCUT2D eigenvalue weighted by Gasteiger charge is 2.12. The fraction of sp³-hybridized carbons (Fsp3) is 0.214. The van der Waals surface area contributed by atoms with Crippen molar-refractivity contribution < 1.29 is 0 Å². The molecule has 0 spiro atoms. The van der Waals surface area contributed by atoms with E-state index in [-0.39, 0.29) is 6.04 Å². The molecule has 0 aliphatic heterocycles. The highest BCUT2D eigenvalue weighted by Crippen LogP contribution is 2.24. The molecule has 0 radical (unpaired) electrons. The van der Waals surface area contributed by atoms with Crippen molar-refractivity contribution in [2.24, 2.45) is 0 Å². The fourth-order valence-electron chi connectivity index (χ4n) is 1.96. The summed E-state index contributed by atoms with van der Waals surface area (Å²) in [6.45, 7) is 2.14. The van der Waals surface area contributed by atoms with E-state index >= 15 is 0 Å². The minimum Gasteiger partial charge on any atom is -0.345 e. The number of fused-ring (bicyclic) bond motifs is 1. The Kier molecular flexibility index (Phi) is 3.37. The van der Waals surface area contributed by atoms with Crippen LogP contribution >= 0.6 is 11.3 Å². The van der Waals surface area contributed by atoms with Crippen LogP contribution in [0.1, 0.15) is 24.3 Å². The van der Waals surface area contributed by atoms with Crippen molar-refractivity contribution in [3.63, 3.8) is 0 Å². The Bertz CT molecular complexity index is 666. The number of hydrogen-bond donors (Lipinski definition) is 1. The van der Waals surface area contributed by atoms with Gasteiger partial charge in [0.25, 0.3) is 0 Å². The molecule has 2 heterocycles. The third-order valence-corrected chi connectivity index (χ3v) is 3.94. The normalized spacial score (nSPS) is 12.5. The van der Waals surface area contributed by atoms with Gasteiger partial charge in [-0.3, -0.25) is 0 Å². The number of para-hydroxylation sites is 1. The molecule has 4 nitrogen and oxygen atoms in total. The van der Waals surface area contributed by atoms with Crippen LogP contribution in [0, 0.1) is 0 Å². The van der Waals surface area contributed by atoms with Crippen molar-refractivity contribution >= 4 is 28.3 Å². The first-order valence-electron chi connectivity index (χ1n) is 6.26. The Hall–Kier alpha value is -2.01. The molecule has 2 aromatic heterocycles. The molecule has 0 fully saturated rings. The number of benzene rings is 1. The van der Waals surface area contributed by atoms with E-state index < -0.39 is 0 Å². The molecule has 0 bridgehead atoms. The van der Waals surface area contributed by atoms with Gasteiger partial charge in [-0.15, -0.1) is 21.5 Å². The van der Waals surface area contributed by atoms with Crippen LogP contribution in [0.3, 0.4) is 0 Å². The molecular weight excluding hydrogens is 256 g/mol. The van der Waals surface area contributed by atoms with E-state index in [0.29, 0.717) is 5.95 Å². The first-order valence-corrected chi connectivity index (χ1v) is 7.14. The molecule has 1 N–H and O–H groups in total. The Morgan fingerprint density at radius 1 is 1.11 bits per heavy atom. The number of nitrogens with one attached hydrogen (secondary N) is 1. The van der Waals surface area contributed by atoms with Crippen LogP contribution in [-0.4, -0.2) is 15.2 Å². The SMILES string of the molecule is CCC(Nc1nnc2ccccc2n1)c1cccs1. The largest absolute Gasteiger partial charge is 0.345 e. The lowest BCUT2D eigenvalue weighted by molar-refractivity contribution is 0.748. The van der Waals surface area contributed by atoms with Crippen LogP contribution < -0.4 is 5.32 Å². The quantitative estimate of drug-likeness (QED) is 0.786. The first-order chi connectivity index (χ1) is 9.36. The number of anilines is 1. The standard InChI is InChI=1S/C14H14N4S/c1-2-10(13-8-5-9-19-13)15-14-16-11-6-3-4-7-12(11)17-18-14/h3-10H,2H2,1H3,(H,15,16,18). The Labute approximate surface area is 115 Å². The predicted molar refractivity (Wildman–Crippen MR) is 78.3 cm³/mol. The Morgan fingerprint density at radius 2 is 1.95 bits per heavy atom. The van der Waals surface area contributed by atoms with Crippen LogP contribution in [0.15, 0.2) is 41.8 Å². The first kappa shape index (κ1) is 12.0.